The molecule has 7 nitrogen and oxygen atoms in total. The molecule has 29 heavy (non-hydrogen) atoms. The van der Waals surface area contributed by atoms with Gasteiger partial charge in [-0.1, -0.05) is 18.1 Å². The van der Waals surface area contributed by atoms with E-state index in [2.05, 4.69) is 21.5 Å². The number of carbonyl (C=O) groups excluding carboxylic acids is 3. The van der Waals surface area contributed by atoms with Crippen LogP contribution in [0.15, 0.2) is 18.2 Å². The van der Waals surface area contributed by atoms with Gasteiger partial charge in [-0.05, 0) is 49.5 Å². The number of nitrogens with zero attached hydrogens (tertiary/aromatic N) is 2. The molecule has 3 amide bonds. The first-order valence-electron chi connectivity index (χ1n) is 10.2. The summed E-state index contributed by atoms with van der Waals surface area (Å²) >= 11 is 0. The van der Waals surface area contributed by atoms with Crippen LogP contribution in [0.2, 0.25) is 0 Å². The smallest absolute Gasteiger partial charge is 0.255 e. The van der Waals surface area contributed by atoms with Crippen LogP contribution in [0.3, 0.4) is 0 Å². The molecule has 0 radical (unpaired) electrons. The Hall–Kier alpha value is -2.69. The average molecular weight is 394 g/mol. The van der Waals surface area contributed by atoms with Crippen molar-refractivity contribution in [1.29, 1.82) is 0 Å². The van der Waals surface area contributed by atoms with E-state index in [1.54, 1.807) is 4.90 Å². The van der Waals surface area contributed by atoms with Gasteiger partial charge in [0.25, 0.3) is 5.91 Å². The molecule has 3 heterocycles. The molecule has 2 fully saturated rings. The number of benzene rings is 1. The highest BCUT2D eigenvalue weighted by molar-refractivity contribution is 6.05. The summed E-state index contributed by atoms with van der Waals surface area (Å²) in [6, 6.07) is 5.82. The molecule has 3 aliphatic heterocycles. The summed E-state index contributed by atoms with van der Waals surface area (Å²) in [6.07, 6.45) is 8.37. The molecule has 2 saturated heterocycles. The zero-order valence-corrected chi connectivity index (χ0v) is 16.4. The zero-order valence-electron chi connectivity index (χ0n) is 16.4. The lowest BCUT2D eigenvalue weighted by atomic mass is 10.0. The highest BCUT2D eigenvalue weighted by Crippen LogP contribution is 2.29. The molecule has 0 bridgehead atoms. The third-order valence-electron chi connectivity index (χ3n) is 6.10. The van der Waals surface area contributed by atoms with E-state index < -0.39 is 6.04 Å². The Morgan fingerprint density at radius 2 is 1.97 bits per heavy atom. The lowest BCUT2D eigenvalue weighted by molar-refractivity contribution is -0.136. The van der Waals surface area contributed by atoms with E-state index in [1.165, 1.54) is 0 Å². The summed E-state index contributed by atoms with van der Waals surface area (Å²) in [5.41, 5.74) is 2.63. The van der Waals surface area contributed by atoms with Crippen molar-refractivity contribution in [3.63, 3.8) is 0 Å². The monoisotopic (exact) mass is 394 g/mol. The number of fused-ring (bicyclic) bond motifs is 1. The van der Waals surface area contributed by atoms with Crippen molar-refractivity contribution in [3.8, 4) is 12.3 Å². The Labute approximate surface area is 170 Å². The fraction of sp³-hybridized carbons (Fsp3) is 0.500. The van der Waals surface area contributed by atoms with Crippen molar-refractivity contribution in [2.45, 2.75) is 50.9 Å². The van der Waals surface area contributed by atoms with Gasteiger partial charge >= 0.3 is 0 Å². The maximum atomic E-state index is 13.0. The maximum absolute atomic E-state index is 13.0. The minimum Gasteiger partial charge on any atom is -0.322 e. The Kier molecular flexibility index (Phi) is 5.65. The minimum atomic E-state index is -0.580. The molecule has 2 N–H and O–H groups in total. The van der Waals surface area contributed by atoms with Gasteiger partial charge in [-0.25, -0.2) is 0 Å². The normalized spacial score (nSPS) is 22.6. The largest absolute Gasteiger partial charge is 0.322 e. The minimum absolute atomic E-state index is 0.137. The van der Waals surface area contributed by atoms with Crippen molar-refractivity contribution < 1.29 is 14.4 Å². The van der Waals surface area contributed by atoms with Gasteiger partial charge in [0.2, 0.25) is 11.8 Å². The number of terminal acetylenes is 1. The molecule has 7 heteroatoms. The molecule has 152 valence electrons. The molecule has 1 atom stereocenters. The number of nitrogens with one attached hydrogen (secondary N) is 2. The van der Waals surface area contributed by atoms with Crippen LogP contribution >= 0.6 is 0 Å². The average Bonchev–Trinajstić information content (AvgIpc) is 3.04. The van der Waals surface area contributed by atoms with E-state index in [9.17, 15) is 14.4 Å². The Balaban J connectivity index is 1.49. The van der Waals surface area contributed by atoms with Crippen LogP contribution < -0.4 is 10.6 Å². The Morgan fingerprint density at radius 1 is 1.17 bits per heavy atom. The molecular formula is C22H26N4O3. The van der Waals surface area contributed by atoms with Gasteiger partial charge in [0.05, 0.1) is 6.54 Å². The molecule has 4 rings (SSSR count). The predicted molar refractivity (Wildman–Crippen MR) is 108 cm³/mol. The number of amides is 3. The summed E-state index contributed by atoms with van der Waals surface area (Å²) in [5, 5.41) is 5.71. The summed E-state index contributed by atoms with van der Waals surface area (Å²) in [7, 11) is 0. The number of rotatable bonds is 5. The third kappa shape index (κ3) is 4.04. The van der Waals surface area contributed by atoms with Crippen molar-refractivity contribution in [2.24, 2.45) is 0 Å². The number of hydrogen-bond acceptors (Lipinski definition) is 5. The molecular weight excluding hydrogens is 368 g/mol. The Bertz CT molecular complexity index is 869. The fourth-order valence-electron chi connectivity index (χ4n) is 4.54. The summed E-state index contributed by atoms with van der Waals surface area (Å²) < 4.78 is 0. The lowest BCUT2D eigenvalue weighted by Gasteiger charge is -2.33. The van der Waals surface area contributed by atoms with E-state index in [4.69, 9.17) is 6.42 Å². The summed E-state index contributed by atoms with van der Waals surface area (Å²) in [4.78, 5) is 40.5. The van der Waals surface area contributed by atoms with Gasteiger partial charge in [-0.15, -0.1) is 6.42 Å². The number of piperidine rings is 2. The first kappa shape index (κ1) is 19.6. The summed E-state index contributed by atoms with van der Waals surface area (Å²) in [6.45, 7) is 3.68. The van der Waals surface area contributed by atoms with Crippen LogP contribution in [0, 0.1) is 12.3 Å². The van der Waals surface area contributed by atoms with Gasteiger partial charge in [0.1, 0.15) is 6.04 Å². The van der Waals surface area contributed by atoms with Crippen molar-refractivity contribution in [2.75, 3.05) is 19.6 Å². The van der Waals surface area contributed by atoms with Crippen LogP contribution in [0.1, 0.15) is 47.2 Å². The van der Waals surface area contributed by atoms with Gasteiger partial charge < -0.3 is 10.2 Å². The molecule has 1 unspecified atom stereocenters. The first-order chi connectivity index (χ1) is 14.1. The zero-order chi connectivity index (χ0) is 20.4. The van der Waals surface area contributed by atoms with Crippen LogP contribution in [0.4, 0.5) is 0 Å². The second-order valence-electron chi connectivity index (χ2n) is 7.98. The van der Waals surface area contributed by atoms with Crippen LogP contribution in [0.25, 0.3) is 0 Å². The quantitative estimate of drug-likeness (QED) is 0.566. The third-order valence-corrected chi connectivity index (χ3v) is 6.10. The van der Waals surface area contributed by atoms with Crippen LogP contribution in [0.5, 0.6) is 0 Å². The molecule has 1 aromatic carbocycles. The van der Waals surface area contributed by atoms with Gasteiger partial charge in [0.15, 0.2) is 0 Å². The molecule has 0 aliphatic carbocycles. The van der Waals surface area contributed by atoms with Crippen molar-refractivity contribution in [3.05, 3.63) is 34.9 Å². The van der Waals surface area contributed by atoms with Gasteiger partial charge in [0, 0.05) is 31.1 Å². The van der Waals surface area contributed by atoms with E-state index >= 15 is 0 Å². The maximum Gasteiger partial charge on any atom is 0.255 e. The van der Waals surface area contributed by atoms with Gasteiger partial charge in [-0.2, -0.15) is 0 Å². The molecule has 3 aliphatic rings. The lowest BCUT2D eigenvalue weighted by Crippen LogP contribution is -2.52. The standard InChI is InChI=1S/C22H26N4O3/c1-2-11-25(17-7-9-23-10-8-17)13-15-3-4-16-14-26(22(29)18(16)12-15)19-5-6-20(27)24-21(19)28/h1,3-4,12,17,19,23H,5-11,13-14H2,(H,24,27,28). The molecule has 0 spiro atoms. The van der Waals surface area contributed by atoms with E-state index in [-0.39, 0.29) is 24.1 Å². The first-order valence-corrected chi connectivity index (χ1v) is 10.2. The second kappa shape index (κ2) is 8.36. The molecule has 0 saturated carbocycles. The van der Waals surface area contributed by atoms with Crippen molar-refractivity contribution >= 4 is 17.7 Å². The Morgan fingerprint density at radius 3 is 2.69 bits per heavy atom. The molecule has 0 aromatic heterocycles. The molecule has 1 aromatic rings. The van der Waals surface area contributed by atoms with E-state index in [0.29, 0.717) is 37.7 Å². The highest BCUT2D eigenvalue weighted by Gasteiger charge is 2.39. The summed E-state index contributed by atoms with van der Waals surface area (Å²) in [5.74, 6) is 1.97. The van der Waals surface area contributed by atoms with E-state index in [0.717, 1.165) is 37.1 Å². The predicted octanol–water partition coefficient (Wildman–Crippen LogP) is 0.635. The van der Waals surface area contributed by atoms with Gasteiger partial charge in [-0.3, -0.25) is 24.6 Å². The van der Waals surface area contributed by atoms with E-state index in [1.807, 2.05) is 18.2 Å². The second-order valence-corrected chi connectivity index (χ2v) is 7.98. The highest BCUT2D eigenvalue weighted by atomic mass is 16.2. The topological polar surface area (TPSA) is 81.8 Å². The van der Waals surface area contributed by atoms with Crippen LogP contribution in [-0.4, -0.2) is 59.2 Å². The van der Waals surface area contributed by atoms with Crippen LogP contribution in [-0.2, 0) is 22.7 Å². The SMILES string of the molecule is C#CCN(Cc1ccc2c(c1)C(=O)N(C1CCC(=O)NC1=O)C2)C1CCNCC1. The fourth-order valence-corrected chi connectivity index (χ4v) is 4.54. The number of carbonyl (C=O) groups is 3. The van der Waals surface area contributed by atoms with Crippen molar-refractivity contribution in [1.82, 2.24) is 20.4 Å². The number of hydrogen-bond donors (Lipinski definition) is 2. The number of imide groups is 1.